The van der Waals surface area contributed by atoms with Crippen LogP contribution in [0.1, 0.15) is 38.7 Å². The highest BCUT2D eigenvalue weighted by Gasteiger charge is 2.49. The number of Topliss-reactive ketones (excluding diaryl/α,β-unsaturated/α-hetero) is 2. The monoisotopic (exact) mass is 361 g/mol. The second-order valence-electron chi connectivity index (χ2n) is 9.69. The van der Waals surface area contributed by atoms with Crippen molar-refractivity contribution in [3.05, 3.63) is 47.6 Å². The summed E-state index contributed by atoms with van der Waals surface area (Å²) in [7, 11) is 0. The molecule has 3 heteroatoms. The highest BCUT2D eigenvalue weighted by Crippen LogP contribution is 2.51. The first-order valence-electron chi connectivity index (χ1n) is 10.2. The van der Waals surface area contributed by atoms with Gasteiger partial charge in [-0.15, -0.1) is 0 Å². The molecule has 0 amide bonds. The lowest BCUT2D eigenvalue weighted by atomic mass is 9.74. The normalized spacial score (nSPS) is 33.7. The average Bonchev–Trinajstić information content (AvgIpc) is 3.30. The molecular formula is C24H27NO2. The van der Waals surface area contributed by atoms with Crippen LogP contribution in [-0.2, 0) is 9.59 Å². The van der Waals surface area contributed by atoms with Gasteiger partial charge in [-0.3, -0.25) is 9.59 Å². The first-order chi connectivity index (χ1) is 12.9. The smallest absolute Gasteiger partial charge is 0.167 e. The fourth-order valence-corrected chi connectivity index (χ4v) is 5.75. The zero-order valence-electron chi connectivity index (χ0n) is 16.2. The van der Waals surface area contributed by atoms with E-state index in [0.29, 0.717) is 18.4 Å². The van der Waals surface area contributed by atoms with E-state index in [0.717, 1.165) is 42.3 Å². The van der Waals surface area contributed by atoms with E-state index in [-0.39, 0.29) is 17.0 Å². The van der Waals surface area contributed by atoms with E-state index in [1.165, 1.54) is 12.1 Å². The third-order valence-electron chi connectivity index (χ3n) is 7.11. The number of ketones is 2. The summed E-state index contributed by atoms with van der Waals surface area (Å²) in [6.45, 7) is 6.29. The third kappa shape index (κ3) is 2.88. The zero-order valence-corrected chi connectivity index (χ0v) is 16.2. The summed E-state index contributed by atoms with van der Waals surface area (Å²) in [5.41, 5.74) is 2.36. The SMILES string of the molecule is CC1(C)CC(=O)C(=Cc2ccc(N3CC4C5C=CC(C5)C4C3)cc2)C(=O)C1. The molecule has 0 spiro atoms. The molecule has 1 aromatic rings. The predicted molar refractivity (Wildman–Crippen MR) is 107 cm³/mol. The Morgan fingerprint density at radius 2 is 1.48 bits per heavy atom. The quantitative estimate of drug-likeness (QED) is 0.448. The Labute approximate surface area is 161 Å². The van der Waals surface area contributed by atoms with Crippen molar-refractivity contribution in [3.8, 4) is 0 Å². The maximum atomic E-state index is 12.4. The maximum absolute atomic E-state index is 12.4. The summed E-state index contributed by atoms with van der Waals surface area (Å²) in [6.07, 6.45) is 8.93. The molecule has 1 saturated heterocycles. The van der Waals surface area contributed by atoms with E-state index in [1.54, 1.807) is 6.08 Å². The minimum Gasteiger partial charge on any atom is -0.371 e. The summed E-state index contributed by atoms with van der Waals surface area (Å²) in [4.78, 5) is 27.3. The Morgan fingerprint density at radius 3 is 2.04 bits per heavy atom. The summed E-state index contributed by atoms with van der Waals surface area (Å²) >= 11 is 0. The number of allylic oxidation sites excluding steroid dienone is 3. The second kappa shape index (κ2) is 5.92. The molecule has 3 nitrogen and oxygen atoms in total. The maximum Gasteiger partial charge on any atom is 0.167 e. The zero-order chi connectivity index (χ0) is 18.8. The van der Waals surface area contributed by atoms with Gasteiger partial charge in [0.15, 0.2) is 11.6 Å². The van der Waals surface area contributed by atoms with E-state index in [9.17, 15) is 9.59 Å². The van der Waals surface area contributed by atoms with Crippen LogP contribution in [0.4, 0.5) is 5.69 Å². The molecule has 0 radical (unpaired) electrons. The number of rotatable bonds is 2. The van der Waals surface area contributed by atoms with Crippen LogP contribution in [0.25, 0.3) is 6.08 Å². The molecular weight excluding hydrogens is 334 g/mol. The van der Waals surface area contributed by atoms with Crippen LogP contribution in [0.5, 0.6) is 0 Å². The molecule has 4 aliphatic rings. The van der Waals surface area contributed by atoms with E-state index >= 15 is 0 Å². The van der Waals surface area contributed by atoms with E-state index in [4.69, 9.17) is 0 Å². The van der Waals surface area contributed by atoms with Gasteiger partial charge in [-0.05, 0) is 59.3 Å². The number of benzene rings is 1. The Balaban J connectivity index is 1.31. The molecule has 2 saturated carbocycles. The second-order valence-corrected chi connectivity index (χ2v) is 9.69. The third-order valence-corrected chi connectivity index (χ3v) is 7.11. The fraction of sp³-hybridized carbons (Fsp3) is 0.500. The van der Waals surface area contributed by atoms with Crippen LogP contribution in [0.15, 0.2) is 42.0 Å². The van der Waals surface area contributed by atoms with Crippen molar-refractivity contribution in [2.75, 3.05) is 18.0 Å². The lowest BCUT2D eigenvalue weighted by molar-refractivity contribution is -0.127. The van der Waals surface area contributed by atoms with Crippen molar-refractivity contribution < 1.29 is 9.59 Å². The van der Waals surface area contributed by atoms with Gasteiger partial charge in [0.2, 0.25) is 0 Å². The molecule has 140 valence electrons. The van der Waals surface area contributed by atoms with Gasteiger partial charge in [0.1, 0.15) is 0 Å². The Hall–Kier alpha value is -2.16. The number of hydrogen-bond donors (Lipinski definition) is 0. The van der Waals surface area contributed by atoms with Gasteiger partial charge in [0.25, 0.3) is 0 Å². The molecule has 0 aromatic heterocycles. The minimum atomic E-state index is -0.211. The van der Waals surface area contributed by atoms with Gasteiger partial charge in [-0.25, -0.2) is 0 Å². The molecule has 1 heterocycles. The van der Waals surface area contributed by atoms with Crippen LogP contribution < -0.4 is 4.90 Å². The standard InChI is InChI=1S/C24H27NO2/c1-24(2)11-22(26)19(23(27)12-24)9-15-3-7-18(8-4-15)25-13-20-16-5-6-17(10-16)21(20)14-25/h3-9,16-17,20-21H,10-14H2,1-2H3. The molecule has 4 unspecified atom stereocenters. The number of anilines is 1. The van der Waals surface area contributed by atoms with Crippen LogP contribution in [0.2, 0.25) is 0 Å². The molecule has 5 rings (SSSR count). The van der Waals surface area contributed by atoms with Crippen molar-refractivity contribution in [2.45, 2.75) is 33.1 Å². The van der Waals surface area contributed by atoms with Gasteiger partial charge in [0.05, 0.1) is 5.57 Å². The van der Waals surface area contributed by atoms with Crippen LogP contribution in [-0.4, -0.2) is 24.7 Å². The molecule has 4 atom stereocenters. The molecule has 1 aliphatic heterocycles. The molecule has 27 heavy (non-hydrogen) atoms. The van der Waals surface area contributed by atoms with Crippen molar-refractivity contribution in [3.63, 3.8) is 0 Å². The average molecular weight is 361 g/mol. The van der Waals surface area contributed by atoms with E-state index in [1.807, 2.05) is 26.0 Å². The number of hydrogen-bond acceptors (Lipinski definition) is 3. The van der Waals surface area contributed by atoms with Crippen LogP contribution in [0.3, 0.4) is 0 Å². The summed E-state index contributed by atoms with van der Waals surface area (Å²) in [5, 5.41) is 0. The Kier molecular flexibility index (Phi) is 3.72. The first-order valence-corrected chi connectivity index (χ1v) is 10.2. The minimum absolute atomic E-state index is 0.0179. The first kappa shape index (κ1) is 17.0. The molecule has 1 aromatic carbocycles. The highest BCUT2D eigenvalue weighted by molar-refractivity contribution is 6.25. The number of carbonyl (C=O) groups excluding carboxylic acids is 2. The fourth-order valence-electron chi connectivity index (χ4n) is 5.75. The lowest BCUT2D eigenvalue weighted by Gasteiger charge is -2.28. The van der Waals surface area contributed by atoms with Gasteiger partial charge in [-0.1, -0.05) is 38.1 Å². The molecule has 2 bridgehead atoms. The Morgan fingerprint density at radius 1 is 0.926 bits per heavy atom. The van der Waals surface area contributed by atoms with Gasteiger partial charge in [-0.2, -0.15) is 0 Å². The molecule has 0 N–H and O–H groups in total. The largest absolute Gasteiger partial charge is 0.371 e. The Bertz CT molecular complexity index is 819. The number of nitrogens with zero attached hydrogens (tertiary/aromatic N) is 1. The van der Waals surface area contributed by atoms with E-state index in [2.05, 4.69) is 29.2 Å². The van der Waals surface area contributed by atoms with Crippen molar-refractivity contribution in [1.29, 1.82) is 0 Å². The summed E-state index contributed by atoms with van der Waals surface area (Å²) in [6, 6.07) is 8.38. The summed E-state index contributed by atoms with van der Waals surface area (Å²) < 4.78 is 0. The lowest BCUT2D eigenvalue weighted by Crippen LogP contribution is -2.31. The topological polar surface area (TPSA) is 37.4 Å². The van der Waals surface area contributed by atoms with Crippen LogP contribution in [0, 0.1) is 29.1 Å². The van der Waals surface area contributed by atoms with Crippen molar-refractivity contribution in [1.82, 2.24) is 0 Å². The predicted octanol–water partition coefficient (Wildman–Crippen LogP) is 4.29. The van der Waals surface area contributed by atoms with Crippen LogP contribution >= 0.6 is 0 Å². The molecule has 3 aliphatic carbocycles. The summed E-state index contributed by atoms with van der Waals surface area (Å²) in [5.74, 6) is 3.19. The van der Waals surface area contributed by atoms with Gasteiger partial charge < -0.3 is 4.90 Å². The molecule has 3 fully saturated rings. The van der Waals surface area contributed by atoms with E-state index < -0.39 is 0 Å². The van der Waals surface area contributed by atoms with Crippen molar-refractivity contribution in [2.24, 2.45) is 29.1 Å². The number of fused-ring (bicyclic) bond motifs is 5. The van der Waals surface area contributed by atoms with Gasteiger partial charge in [0, 0.05) is 31.6 Å². The van der Waals surface area contributed by atoms with Crippen molar-refractivity contribution >= 4 is 23.3 Å². The van der Waals surface area contributed by atoms with Gasteiger partial charge >= 0.3 is 0 Å². The highest BCUT2D eigenvalue weighted by atomic mass is 16.1. The number of carbonyl (C=O) groups is 2.